The summed E-state index contributed by atoms with van der Waals surface area (Å²) in [5, 5.41) is 0.516. The average molecular weight is 355 g/mol. The lowest BCUT2D eigenvalue weighted by molar-refractivity contribution is 0.180. The fraction of sp³-hybridized carbons (Fsp3) is 0.636. The Bertz CT molecular complexity index is 377. The van der Waals surface area contributed by atoms with Crippen LogP contribution in [0, 0.1) is 8.99 Å². The lowest BCUT2D eigenvalue weighted by atomic mass is 9.92. The maximum Gasteiger partial charge on any atom is 0.146 e. The van der Waals surface area contributed by atoms with Crippen molar-refractivity contribution >= 4 is 34.2 Å². The van der Waals surface area contributed by atoms with Gasteiger partial charge in [0.2, 0.25) is 0 Å². The molecule has 1 heterocycles. The maximum atomic E-state index is 6.07. The van der Waals surface area contributed by atoms with Crippen LogP contribution in [0.15, 0.2) is 0 Å². The van der Waals surface area contributed by atoms with Gasteiger partial charge in [0.25, 0.3) is 0 Å². The molecule has 0 radical (unpaired) electrons. The quantitative estimate of drug-likeness (QED) is 0.616. The van der Waals surface area contributed by atoms with Crippen LogP contribution in [0.3, 0.4) is 0 Å². The third-order valence-electron chi connectivity index (χ3n) is 1.90. The molecular weight excluding hydrogens is 338 g/mol. The Balaban J connectivity index is 3.04. The summed E-state index contributed by atoms with van der Waals surface area (Å²) in [6, 6.07) is 0. The highest BCUT2D eigenvalue weighted by molar-refractivity contribution is 14.1. The summed E-state index contributed by atoms with van der Waals surface area (Å²) in [4.78, 5) is 8.77. The van der Waals surface area contributed by atoms with Gasteiger partial charge in [0, 0.05) is 13.5 Å². The number of nitrogens with zero attached hydrogens (tertiary/aromatic N) is 2. The van der Waals surface area contributed by atoms with Gasteiger partial charge in [-0.3, -0.25) is 0 Å². The minimum absolute atomic E-state index is 0.153. The largest absolute Gasteiger partial charge is 0.378 e. The lowest BCUT2D eigenvalue weighted by Gasteiger charge is -2.17. The van der Waals surface area contributed by atoms with Crippen LogP contribution < -0.4 is 0 Å². The predicted molar refractivity (Wildman–Crippen MR) is 73.6 cm³/mol. The van der Waals surface area contributed by atoms with Crippen LogP contribution in [0.25, 0.3) is 0 Å². The van der Waals surface area contributed by atoms with Gasteiger partial charge in [-0.1, -0.05) is 32.4 Å². The van der Waals surface area contributed by atoms with Crippen molar-refractivity contribution in [1.29, 1.82) is 0 Å². The molecule has 1 rings (SSSR count). The molecule has 1 aromatic heterocycles. The van der Waals surface area contributed by atoms with Crippen molar-refractivity contribution in [2.75, 3.05) is 7.11 Å². The van der Waals surface area contributed by atoms with Gasteiger partial charge in [-0.25, -0.2) is 9.97 Å². The molecule has 0 spiro atoms. The second-order valence-corrected chi connectivity index (χ2v) is 6.30. The van der Waals surface area contributed by atoms with Crippen molar-refractivity contribution in [1.82, 2.24) is 9.97 Å². The topological polar surface area (TPSA) is 35.0 Å². The molecule has 0 unspecified atom stereocenters. The first-order chi connectivity index (χ1) is 7.33. The summed E-state index contributed by atoms with van der Waals surface area (Å²) in [6.45, 7) is 6.92. The number of aromatic nitrogens is 2. The Labute approximate surface area is 115 Å². The molecule has 0 aliphatic rings. The second-order valence-electron chi connectivity index (χ2n) is 4.86. The first-order valence-electron chi connectivity index (χ1n) is 5.03. The zero-order valence-electron chi connectivity index (χ0n) is 9.97. The molecule has 0 bridgehead atoms. The fourth-order valence-corrected chi connectivity index (χ4v) is 1.90. The van der Waals surface area contributed by atoms with Gasteiger partial charge >= 0.3 is 0 Å². The molecule has 0 aromatic carbocycles. The molecule has 0 aliphatic carbocycles. The third-order valence-corrected chi connectivity index (χ3v) is 3.62. The zero-order chi connectivity index (χ0) is 12.3. The Morgan fingerprint density at radius 1 is 1.31 bits per heavy atom. The minimum atomic E-state index is 0.153. The molecular formula is C11H16ClIN2O. The van der Waals surface area contributed by atoms with Crippen LogP contribution in [0.4, 0.5) is 0 Å². The highest BCUT2D eigenvalue weighted by atomic mass is 127. The molecule has 0 aliphatic heterocycles. The van der Waals surface area contributed by atoms with Gasteiger partial charge in [-0.15, -0.1) is 0 Å². The van der Waals surface area contributed by atoms with Gasteiger partial charge in [0.1, 0.15) is 11.0 Å². The Morgan fingerprint density at radius 3 is 2.44 bits per heavy atom. The Hall–Kier alpha value is 0.0600. The standard InChI is InChI=1S/C11H16ClIN2O/c1-11(2,3)5-8-14-7(6-16-4)9(13)10(12)15-8/h5-6H2,1-4H3. The summed E-state index contributed by atoms with van der Waals surface area (Å²) in [7, 11) is 1.65. The SMILES string of the molecule is COCc1nc(CC(C)(C)C)nc(Cl)c1I. The van der Waals surface area contributed by atoms with Crippen LogP contribution in [-0.2, 0) is 17.8 Å². The second kappa shape index (κ2) is 5.60. The van der Waals surface area contributed by atoms with E-state index in [0.29, 0.717) is 11.8 Å². The number of ether oxygens (including phenoxy) is 1. The van der Waals surface area contributed by atoms with E-state index in [4.69, 9.17) is 16.3 Å². The highest BCUT2D eigenvalue weighted by Gasteiger charge is 2.16. The summed E-state index contributed by atoms with van der Waals surface area (Å²) in [6.07, 6.45) is 0.806. The minimum Gasteiger partial charge on any atom is -0.378 e. The number of hydrogen-bond acceptors (Lipinski definition) is 3. The van der Waals surface area contributed by atoms with Gasteiger partial charge in [0.15, 0.2) is 0 Å². The monoisotopic (exact) mass is 354 g/mol. The van der Waals surface area contributed by atoms with E-state index in [1.165, 1.54) is 0 Å². The highest BCUT2D eigenvalue weighted by Crippen LogP contribution is 2.23. The Morgan fingerprint density at radius 2 is 1.94 bits per heavy atom. The smallest absolute Gasteiger partial charge is 0.146 e. The van der Waals surface area contributed by atoms with Crippen molar-refractivity contribution in [3.63, 3.8) is 0 Å². The number of rotatable bonds is 3. The van der Waals surface area contributed by atoms with E-state index >= 15 is 0 Å². The van der Waals surface area contributed by atoms with Gasteiger partial charge < -0.3 is 4.74 Å². The maximum absolute atomic E-state index is 6.07. The molecule has 0 saturated carbocycles. The van der Waals surface area contributed by atoms with Gasteiger partial charge in [-0.05, 0) is 28.0 Å². The van der Waals surface area contributed by atoms with Crippen LogP contribution >= 0.6 is 34.2 Å². The average Bonchev–Trinajstić information content (AvgIpc) is 2.11. The molecule has 0 fully saturated rings. The van der Waals surface area contributed by atoms with Crippen LogP contribution in [0.2, 0.25) is 5.15 Å². The summed E-state index contributed by atoms with van der Waals surface area (Å²) in [5.41, 5.74) is 1.02. The van der Waals surface area contributed by atoms with Crippen LogP contribution in [0.1, 0.15) is 32.3 Å². The Kier molecular flexibility index (Phi) is 4.94. The summed E-state index contributed by atoms with van der Waals surface area (Å²) < 4.78 is 5.97. The molecule has 0 atom stereocenters. The molecule has 5 heteroatoms. The van der Waals surface area contributed by atoms with Crippen molar-refractivity contribution < 1.29 is 4.74 Å². The molecule has 1 aromatic rings. The first-order valence-corrected chi connectivity index (χ1v) is 6.49. The van der Waals surface area contributed by atoms with Crippen LogP contribution in [-0.4, -0.2) is 17.1 Å². The number of halogens is 2. The van der Waals surface area contributed by atoms with Crippen molar-refractivity contribution in [2.24, 2.45) is 5.41 Å². The summed E-state index contributed by atoms with van der Waals surface area (Å²) in [5.74, 6) is 0.782. The van der Waals surface area contributed by atoms with E-state index in [1.807, 2.05) is 0 Å². The molecule has 0 amide bonds. The molecule has 3 nitrogen and oxygen atoms in total. The van der Waals surface area contributed by atoms with Crippen molar-refractivity contribution in [3.8, 4) is 0 Å². The van der Waals surface area contributed by atoms with E-state index < -0.39 is 0 Å². The molecule has 90 valence electrons. The van der Waals surface area contributed by atoms with E-state index in [1.54, 1.807) is 7.11 Å². The normalized spacial score (nSPS) is 11.9. The number of methoxy groups -OCH3 is 1. The lowest BCUT2D eigenvalue weighted by Crippen LogP contribution is -2.14. The van der Waals surface area contributed by atoms with Gasteiger partial charge in [0.05, 0.1) is 15.9 Å². The van der Waals surface area contributed by atoms with E-state index in [2.05, 4.69) is 53.3 Å². The third kappa shape index (κ3) is 4.14. The van der Waals surface area contributed by atoms with Crippen LogP contribution in [0.5, 0.6) is 0 Å². The fourth-order valence-electron chi connectivity index (χ4n) is 1.30. The molecule has 0 N–H and O–H groups in total. The van der Waals surface area contributed by atoms with Crippen molar-refractivity contribution in [2.45, 2.75) is 33.8 Å². The van der Waals surface area contributed by atoms with Gasteiger partial charge in [-0.2, -0.15) is 0 Å². The van der Waals surface area contributed by atoms with Crippen molar-refractivity contribution in [3.05, 3.63) is 20.2 Å². The molecule has 0 saturated heterocycles. The van der Waals surface area contributed by atoms with E-state index in [9.17, 15) is 0 Å². The van der Waals surface area contributed by atoms with E-state index in [0.717, 1.165) is 21.5 Å². The predicted octanol–water partition coefficient (Wildman–Crippen LogP) is 3.47. The summed E-state index contributed by atoms with van der Waals surface area (Å²) >= 11 is 8.21. The zero-order valence-corrected chi connectivity index (χ0v) is 12.9. The first kappa shape index (κ1) is 14.1. The number of hydrogen-bond donors (Lipinski definition) is 0. The van der Waals surface area contributed by atoms with E-state index in [-0.39, 0.29) is 5.41 Å². The molecule has 16 heavy (non-hydrogen) atoms.